The third-order valence-electron chi connectivity index (χ3n) is 2.65. The Morgan fingerprint density at radius 2 is 2.22 bits per heavy atom. The van der Waals surface area contributed by atoms with E-state index < -0.39 is 0 Å². The van der Waals surface area contributed by atoms with E-state index >= 15 is 0 Å². The fourth-order valence-electron chi connectivity index (χ4n) is 1.84. The predicted molar refractivity (Wildman–Crippen MR) is 75.6 cm³/mol. The van der Waals surface area contributed by atoms with Gasteiger partial charge in [0.2, 0.25) is 0 Å². The summed E-state index contributed by atoms with van der Waals surface area (Å²) < 4.78 is 6.80. The van der Waals surface area contributed by atoms with Crippen LogP contribution >= 0.6 is 27.3 Å². The molecular weight excluding hydrogens is 316 g/mol. The van der Waals surface area contributed by atoms with Gasteiger partial charge in [0.15, 0.2) is 6.29 Å². The number of hydrogen-bond donors (Lipinski definition) is 0. The van der Waals surface area contributed by atoms with E-state index in [4.69, 9.17) is 4.74 Å². The lowest BCUT2D eigenvalue weighted by Gasteiger charge is -2.00. The lowest BCUT2D eigenvalue weighted by Crippen LogP contribution is -2.03. The Balaban J connectivity index is 2.73. The molecule has 94 valence electrons. The Hall–Kier alpha value is -1.20. The first kappa shape index (κ1) is 13.2. The van der Waals surface area contributed by atoms with E-state index in [1.54, 1.807) is 13.0 Å². The van der Waals surface area contributed by atoms with Crippen LogP contribution in [0.5, 0.6) is 0 Å². The zero-order chi connectivity index (χ0) is 13.3. The number of esters is 1. The predicted octanol–water partition coefficient (Wildman–Crippen LogP) is 3.96. The number of fused-ring (bicyclic) bond motifs is 1. The van der Waals surface area contributed by atoms with Gasteiger partial charge in [-0.15, -0.1) is 11.3 Å². The molecular formula is C13H11BrO3S. The third kappa shape index (κ3) is 2.08. The van der Waals surface area contributed by atoms with Crippen molar-refractivity contribution in [3.8, 4) is 0 Å². The molecule has 0 saturated carbocycles. The van der Waals surface area contributed by atoms with Crippen molar-refractivity contribution in [2.24, 2.45) is 0 Å². The summed E-state index contributed by atoms with van der Waals surface area (Å²) in [6.07, 6.45) is 0.809. The Labute approximate surface area is 117 Å². The van der Waals surface area contributed by atoms with Crippen LogP contribution in [-0.4, -0.2) is 18.9 Å². The largest absolute Gasteiger partial charge is 0.462 e. The second kappa shape index (κ2) is 5.20. The van der Waals surface area contributed by atoms with Gasteiger partial charge in [-0.2, -0.15) is 0 Å². The molecule has 18 heavy (non-hydrogen) atoms. The minimum Gasteiger partial charge on any atom is -0.462 e. The molecule has 0 aliphatic heterocycles. The number of hydrogen-bond acceptors (Lipinski definition) is 4. The van der Waals surface area contributed by atoms with Crippen LogP contribution in [0.2, 0.25) is 0 Å². The summed E-state index contributed by atoms with van der Waals surface area (Å²) in [4.78, 5) is 23.4. The number of benzene rings is 1. The van der Waals surface area contributed by atoms with E-state index in [0.29, 0.717) is 17.0 Å². The number of ether oxygens (including phenoxy) is 1. The fourth-order valence-corrected chi connectivity index (χ4v) is 3.55. The van der Waals surface area contributed by atoms with Crippen molar-refractivity contribution in [2.45, 2.75) is 13.8 Å². The standard InChI is InChI=1S/C13H11BrO3S/c1-3-17-13(16)11-7(2)10-8(6-15)4-5-9(14)12(10)18-11/h4-6H,3H2,1-2H3. The molecule has 2 aromatic rings. The van der Waals surface area contributed by atoms with Gasteiger partial charge in [0, 0.05) is 15.4 Å². The fraction of sp³-hybridized carbons (Fsp3) is 0.231. The van der Waals surface area contributed by atoms with E-state index in [-0.39, 0.29) is 5.97 Å². The van der Waals surface area contributed by atoms with Gasteiger partial charge in [-0.3, -0.25) is 4.79 Å². The number of carbonyl (C=O) groups excluding carboxylic acids is 2. The molecule has 0 radical (unpaired) electrons. The molecule has 3 nitrogen and oxygen atoms in total. The maximum atomic E-state index is 11.8. The van der Waals surface area contributed by atoms with Crippen LogP contribution in [0.3, 0.4) is 0 Å². The summed E-state index contributed by atoms with van der Waals surface area (Å²) in [5.41, 5.74) is 1.40. The number of carbonyl (C=O) groups is 2. The van der Waals surface area contributed by atoms with Crippen LogP contribution in [0.25, 0.3) is 10.1 Å². The first-order chi connectivity index (χ1) is 8.60. The number of aryl methyl sites for hydroxylation is 1. The second-order valence-corrected chi connectivity index (χ2v) is 5.61. The normalized spacial score (nSPS) is 10.6. The maximum absolute atomic E-state index is 11.8. The number of halogens is 1. The van der Waals surface area contributed by atoms with Crippen molar-refractivity contribution in [1.29, 1.82) is 0 Å². The third-order valence-corrected chi connectivity index (χ3v) is 4.88. The highest BCUT2D eigenvalue weighted by Crippen LogP contribution is 2.37. The van der Waals surface area contributed by atoms with Gasteiger partial charge in [-0.1, -0.05) is 0 Å². The van der Waals surface area contributed by atoms with Gasteiger partial charge >= 0.3 is 5.97 Å². The van der Waals surface area contributed by atoms with E-state index in [2.05, 4.69) is 15.9 Å². The van der Waals surface area contributed by atoms with Crippen molar-refractivity contribution >= 4 is 49.6 Å². The minimum atomic E-state index is -0.333. The Kier molecular flexibility index (Phi) is 3.82. The first-order valence-corrected chi connectivity index (χ1v) is 7.05. The molecule has 0 unspecified atom stereocenters. The van der Waals surface area contributed by atoms with Crippen LogP contribution in [0, 0.1) is 6.92 Å². The van der Waals surface area contributed by atoms with Gasteiger partial charge in [0.25, 0.3) is 0 Å². The highest BCUT2D eigenvalue weighted by molar-refractivity contribution is 9.10. The summed E-state index contributed by atoms with van der Waals surface area (Å²) in [7, 11) is 0. The smallest absolute Gasteiger partial charge is 0.348 e. The van der Waals surface area contributed by atoms with Gasteiger partial charge < -0.3 is 4.74 Å². The Morgan fingerprint density at radius 3 is 2.83 bits per heavy atom. The van der Waals surface area contributed by atoms with Gasteiger partial charge in [-0.25, -0.2) is 4.79 Å². The second-order valence-electron chi connectivity index (χ2n) is 3.74. The average molecular weight is 327 g/mol. The molecule has 2 rings (SSSR count). The van der Waals surface area contributed by atoms with E-state index in [0.717, 1.165) is 26.4 Å². The molecule has 0 atom stereocenters. The molecule has 1 aromatic heterocycles. The average Bonchev–Trinajstić information content (AvgIpc) is 2.70. The van der Waals surface area contributed by atoms with Crippen molar-refractivity contribution in [3.05, 3.63) is 32.6 Å². The monoisotopic (exact) mass is 326 g/mol. The quantitative estimate of drug-likeness (QED) is 0.633. The van der Waals surface area contributed by atoms with Gasteiger partial charge in [0.05, 0.1) is 11.3 Å². The molecule has 0 saturated heterocycles. The van der Waals surface area contributed by atoms with Crippen LogP contribution in [0.15, 0.2) is 16.6 Å². The van der Waals surface area contributed by atoms with Gasteiger partial charge in [0.1, 0.15) is 4.88 Å². The number of thiophene rings is 1. The molecule has 0 aliphatic rings. The minimum absolute atomic E-state index is 0.333. The van der Waals surface area contributed by atoms with Gasteiger partial charge in [-0.05, 0) is 47.5 Å². The zero-order valence-electron chi connectivity index (χ0n) is 9.95. The Bertz CT molecular complexity index is 631. The van der Waals surface area contributed by atoms with Crippen LogP contribution < -0.4 is 0 Å². The summed E-state index contributed by atoms with van der Waals surface area (Å²) in [5.74, 6) is -0.333. The molecule has 0 spiro atoms. The highest BCUT2D eigenvalue weighted by atomic mass is 79.9. The maximum Gasteiger partial charge on any atom is 0.348 e. The van der Waals surface area contributed by atoms with E-state index in [1.165, 1.54) is 11.3 Å². The van der Waals surface area contributed by atoms with Crippen LogP contribution in [0.4, 0.5) is 0 Å². The lowest BCUT2D eigenvalue weighted by molar-refractivity contribution is 0.0531. The topological polar surface area (TPSA) is 43.4 Å². The van der Waals surface area contributed by atoms with Crippen molar-refractivity contribution in [2.75, 3.05) is 6.61 Å². The number of rotatable bonds is 3. The number of aldehydes is 1. The molecule has 5 heteroatoms. The van der Waals surface area contributed by atoms with Crippen molar-refractivity contribution < 1.29 is 14.3 Å². The molecule has 0 N–H and O–H groups in total. The SMILES string of the molecule is CCOC(=O)c1sc2c(Br)ccc(C=O)c2c1C. The first-order valence-electron chi connectivity index (χ1n) is 5.44. The summed E-state index contributed by atoms with van der Waals surface area (Å²) >= 11 is 4.79. The molecule has 0 aliphatic carbocycles. The van der Waals surface area contributed by atoms with Crippen molar-refractivity contribution in [1.82, 2.24) is 0 Å². The highest BCUT2D eigenvalue weighted by Gasteiger charge is 2.19. The zero-order valence-corrected chi connectivity index (χ0v) is 12.4. The van der Waals surface area contributed by atoms with Crippen molar-refractivity contribution in [3.63, 3.8) is 0 Å². The van der Waals surface area contributed by atoms with E-state index in [1.807, 2.05) is 13.0 Å². The molecule has 0 fully saturated rings. The molecule has 1 heterocycles. The molecule has 0 amide bonds. The lowest BCUT2D eigenvalue weighted by atomic mass is 10.1. The summed E-state index contributed by atoms with van der Waals surface area (Å²) in [6.45, 7) is 3.95. The Morgan fingerprint density at radius 1 is 1.50 bits per heavy atom. The molecule has 0 bridgehead atoms. The van der Waals surface area contributed by atoms with E-state index in [9.17, 15) is 9.59 Å². The summed E-state index contributed by atoms with van der Waals surface area (Å²) in [5, 5.41) is 0.826. The van der Waals surface area contributed by atoms with Crippen LogP contribution in [-0.2, 0) is 4.74 Å². The molecule has 1 aromatic carbocycles. The van der Waals surface area contributed by atoms with Crippen LogP contribution in [0.1, 0.15) is 32.5 Å². The summed E-state index contributed by atoms with van der Waals surface area (Å²) in [6, 6.07) is 3.56.